The lowest BCUT2D eigenvalue weighted by Gasteiger charge is -2.19. The zero-order chi connectivity index (χ0) is 18.3. The van der Waals surface area contributed by atoms with Crippen LogP contribution < -0.4 is 10.9 Å². The summed E-state index contributed by atoms with van der Waals surface area (Å²) in [5.41, 5.74) is 0.498. The van der Waals surface area contributed by atoms with Gasteiger partial charge in [-0.3, -0.25) is 19.9 Å². The quantitative estimate of drug-likeness (QED) is 0.871. The maximum atomic E-state index is 12.3. The van der Waals surface area contributed by atoms with Crippen molar-refractivity contribution in [2.75, 3.05) is 5.32 Å². The Kier molecular flexibility index (Phi) is 4.90. The van der Waals surface area contributed by atoms with Crippen LogP contribution in [0.25, 0.3) is 11.2 Å². The van der Waals surface area contributed by atoms with Crippen LogP contribution in [0.5, 0.6) is 0 Å². The minimum atomic E-state index is -0.335. The van der Waals surface area contributed by atoms with E-state index in [0.29, 0.717) is 28.2 Å². The molecule has 2 aromatic rings. The summed E-state index contributed by atoms with van der Waals surface area (Å²) in [6.07, 6.45) is 2.81. The number of carbonyl (C=O) groups is 1. The molecule has 4 atom stereocenters. The first kappa shape index (κ1) is 18.0. The summed E-state index contributed by atoms with van der Waals surface area (Å²) in [6.45, 7) is 10.3. The van der Waals surface area contributed by atoms with Crippen LogP contribution in [0.1, 0.15) is 46.4 Å². The number of anilines is 1. The number of nitrogens with zero attached hydrogens (tertiary/aromatic N) is 3. The van der Waals surface area contributed by atoms with E-state index in [1.54, 1.807) is 20.2 Å². The molecule has 1 fully saturated rings. The molecular formula is C17H25N5O2S. The molecule has 1 aliphatic rings. The van der Waals surface area contributed by atoms with E-state index in [0.717, 1.165) is 6.42 Å². The molecule has 2 aromatic heterocycles. The first-order chi connectivity index (χ1) is 11.8. The predicted molar refractivity (Wildman–Crippen MR) is 101 cm³/mol. The molecule has 3 heterocycles. The van der Waals surface area contributed by atoms with Gasteiger partial charge in [-0.1, -0.05) is 34.6 Å². The Hall–Kier alpha value is -1.83. The zero-order valence-corrected chi connectivity index (χ0v) is 16.1. The van der Waals surface area contributed by atoms with Crippen molar-refractivity contribution in [2.24, 2.45) is 17.8 Å². The van der Waals surface area contributed by atoms with E-state index in [2.05, 4.69) is 41.0 Å². The van der Waals surface area contributed by atoms with Gasteiger partial charge in [-0.05, 0) is 18.3 Å². The number of nitrogens with one attached hydrogen (secondary N) is 2. The minimum Gasteiger partial charge on any atom is -0.302 e. The summed E-state index contributed by atoms with van der Waals surface area (Å²) in [4.78, 5) is 35.6. The topological polar surface area (TPSA) is 92.7 Å². The van der Waals surface area contributed by atoms with Gasteiger partial charge in [0.15, 0.2) is 11.2 Å². The van der Waals surface area contributed by atoms with Crippen molar-refractivity contribution >= 4 is 34.8 Å². The van der Waals surface area contributed by atoms with Gasteiger partial charge in [-0.2, -0.15) is 4.98 Å². The lowest BCUT2D eigenvalue weighted by molar-refractivity contribution is -0.118. The smallest absolute Gasteiger partial charge is 0.280 e. The Labute approximate surface area is 151 Å². The summed E-state index contributed by atoms with van der Waals surface area (Å²) < 4.78 is 1.98. The highest BCUT2D eigenvalue weighted by molar-refractivity contribution is 8.00. The number of carbonyl (C=O) groups excluding carboxylic acids is 1. The second kappa shape index (κ2) is 6.82. The molecule has 8 heteroatoms. The Morgan fingerprint density at radius 3 is 2.72 bits per heavy atom. The van der Waals surface area contributed by atoms with E-state index in [1.807, 2.05) is 16.3 Å². The lowest BCUT2D eigenvalue weighted by atomic mass is 9.92. The summed E-state index contributed by atoms with van der Waals surface area (Å²) in [6, 6.07) is 0. The number of aromatic nitrogens is 4. The molecule has 0 unspecified atom stereocenters. The Bertz CT molecular complexity index is 843. The van der Waals surface area contributed by atoms with Crippen molar-refractivity contribution in [1.82, 2.24) is 19.5 Å². The number of hydrogen-bond donors (Lipinski definition) is 2. The van der Waals surface area contributed by atoms with Crippen LogP contribution in [0, 0.1) is 17.8 Å². The molecule has 0 bridgehead atoms. The maximum Gasteiger partial charge on any atom is 0.280 e. The van der Waals surface area contributed by atoms with E-state index in [9.17, 15) is 9.59 Å². The first-order valence-corrected chi connectivity index (χ1v) is 9.70. The number of aromatic amines is 1. The molecule has 1 aliphatic heterocycles. The lowest BCUT2D eigenvalue weighted by Crippen LogP contribution is -2.22. The van der Waals surface area contributed by atoms with E-state index in [1.165, 1.54) is 0 Å². The minimum absolute atomic E-state index is 0.175. The van der Waals surface area contributed by atoms with Crippen LogP contribution in [0.15, 0.2) is 11.1 Å². The predicted octanol–water partition coefficient (Wildman–Crippen LogP) is 3.01. The third-order valence-electron chi connectivity index (χ3n) is 5.05. The number of hydrogen-bond acceptors (Lipinski definition) is 5. The molecule has 0 radical (unpaired) electrons. The maximum absolute atomic E-state index is 12.3. The van der Waals surface area contributed by atoms with Gasteiger partial charge in [0.25, 0.3) is 5.56 Å². The van der Waals surface area contributed by atoms with Crippen LogP contribution in [-0.4, -0.2) is 30.7 Å². The van der Waals surface area contributed by atoms with Gasteiger partial charge < -0.3 is 4.57 Å². The van der Waals surface area contributed by atoms with E-state index in [4.69, 9.17) is 0 Å². The first-order valence-electron chi connectivity index (χ1n) is 8.76. The van der Waals surface area contributed by atoms with Gasteiger partial charge in [-0.15, -0.1) is 11.8 Å². The molecule has 2 N–H and O–H groups in total. The molecule has 1 amide bonds. The van der Waals surface area contributed by atoms with Crippen molar-refractivity contribution in [3.63, 3.8) is 0 Å². The van der Waals surface area contributed by atoms with E-state index < -0.39 is 0 Å². The van der Waals surface area contributed by atoms with Crippen LogP contribution in [-0.2, 0) is 4.79 Å². The molecule has 0 saturated carbocycles. The van der Waals surface area contributed by atoms with E-state index >= 15 is 0 Å². The molecule has 0 spiro atoms. The van der Waals surface area contributed by atoms with Crippen LogP contribution >= 0.6 is 11.8 Å². The fraction of sp³-hybridized carbons (Fsp3) is 0.647. The van der Waals surface area contributed by atoms with Gasteiger partial charge in [-0.25, -0.2) is 4.98 Å². The number of fused-ring (bicyclic) bond motifs is 1. The highest BCUT2D eigenvalue weighted by Crippen LogP contribution is 2.50. The molecule has 7 nitrogen and oxygen atoms in total. The third-order valence-corrected chi connectivity index (χ3v) is 7.10. The summed E-state index contributed by atoms with van der Waals surface area (Å²) in [5, 5.41) is 3.44. The SMILES string of the molecule is CC[C@H]1S[C@@H](n2cnc3c(=O)[nH]c(NC(=O)C(C)C)nc32)[C@H](C)[C@@H]1C. The number of rotatable bonds is 4. The van der Waals surface area contributed by atoms with Crippen molar-refractivity contribution in [1.29, 1.82) is 0 Å². The Morgan fingerprint density at radius 2 is 2.12 bits per heavy atom. The Balaban J connectivity index is 2.01. The summed E-state index contributed by atoms with van der Waals surface area (Å²) >= 11 is 1.91. The Morgan fingerprint density at radius 1 is 1.40 bits per heavy atom. The molecule has 3 rings (SSSR count). The monoisotopic (exact) mass is 363 g/mol. The summed E-state index contributed by atoms with van der Waals surface area (Å²) in [5.74, 6) is 0.828. The second-order valence-electron chi connectivity index (χ2n) is 7.07. The van der Waals surface area contributed by atoms with Crippen molar-refractivity contribution in [3.8, 4) is 0 Å². The fourth-order valence-corrected chi connectivity index (χ4v) is 5.07. The number of amides is 1. The molecule has 136 valence electrons. The summed E-state index contributed by atoms with van der Waals surface area (Å²) in [7, 11) is 0. The van der Waals surface area contributed by atoms with Crippen LogP contribution in [0.4, 0.5) is 5.95 Å². The number of imidazole rings is 1. The van der Waals surface area contributed by atoms with Crippen LogP contribution in [0.2, 0.25) is 0 Å². The third kappa shape index (κ3) is 3.19. The normalized spacial score (nSPS) is 26.5. The number of thioether (sulfide) groups is 1. The molecule has 0 aromatic carbocycles. The van der Waals surface area contributed by atoms with Gasteiger partial charge in [0.1, 0.15) is 0 Å². The largest absolute Gasteiger partial charge is 0.302 e. The number of H-pyrrole nitrogens is 1. The molecule has 1 saturated heterocycles. The molecular weight excluding hydrogens is 338 g/mol. The zero-order valence-electron chi connectivity index (χ0n) is 15.2. The van der Waals surface area contributed by atoms with Gasteiger partial charge in [0.05, 0.1) is 11.7 Å². The molecule has 25 heavy (non-hydrogen) atoms. The highest BCUT2D eigenvalue weighted by atomic mass is 32.2. The van der Waals surface area contributed by atoms with Crippen molar-refractivity contribution in [3.05, 3.63) is 16.7 Å². The standard InChI is InChI=1S/C17H25N5O2S/c1-6-11-9(4)10(5)16(25-11)22-7-18-12-13(22)19-17(21-15(12)24)20-14(23)8(2)3/h7-11,16H,6H2,1-5H3,(H2,19,20,21,23,24)/t9-,10+,11+,16+/m0/s1. The van der Waals surface area contributed by atoms with Gasteiger partial charge >= 0.3 is 0 Å². The fourth-order valence-electron chi connectivity index (χ4n) is 3.24. The van der Waals surface area contributed by atoms with Crippen LogP contribution in [0.3, 0.4) is 0 Å². The average Bonchev–Trinajstić information content (AvgIpc) is 3.10. The molecule has 0 aliphatic carbocycles. The second-order valence-corrected chi connectivity index (χ2v) is 8.43. The van der Waals surface area contributed by atoms with Gasteiger partial charge in [0, 0.05) is 11.2 Å². The van der Waals surface area contributed by atoms with Crippen molar-refractivity contribution < 1.29 is 4.79 Å². The van der Waals surface area contributed by atoms with E-state index in [-0.39, 0.29) is 28.7 Å². The average molecular weight is 363 g/mol. The van der Waals surface area contributed by atoms with Crippen molar-refractivity contribution in [2.45, 2.75) is 51.7 Å². The van der Waals surface area contributed by atoms with Gasteiger partial charge in [0.2, 0.25) is 11.9 Å². The highest BCUT2D eigenvalue weighted by Gasteiger charge is 2.39.